The van der Waals surface area contributed by atoms with Crippen LogP contribution in [-0.2, 0) is 17.3 Å². The maximum absolute atomic E-state index is 13.2. The third-order valence-corrected chi connectivity index (χ3v) is 3.63. The number of halogens is 3. The van der Waals surface area contributed by atoms with Crippen molar-refractivity contribution >= 4 is 5.69 Å². The molecule has 1 aromatic carbocycles. The Morgan fingerprint density at radius 3 is 2.81 bits per heavy atom. The van der Waals surface area contributed by atoms with Crippen LogP contribution in [0.1, 0.15) is 24.5 Å². The zero-order chi connectivity index (χ0) is 15.5. The highest BCUT2D eigenvalue weighted by Gasteiger charge is 2.33. The van der Waals surface area contributed by atoms with Crippen molar-refractivity contribution in [3.05, 3.63) is 29.3 Å². The normalized spacial score (nSPS) is 20.4. The lowest BCUT2D eigenvalue weighted by Gasteiger charge is -2.26. The lowest BCUT2D eigenvalue weighted by Crippen LogP contribution is -2.30. The summed E-state index contributed by atoms with van der Waals surface area (Å²) in [6.07, 6.45) is -3.29. The first kappa shape index (κ1) is 16.1. The van der Waals surface area contributed by atoms with E-state index in [1.54, 1.807) is 12.1 Å². The maximum Gasteiger partial charge on any atom is 0.416 e. The van der Waals surface area contributed by atoms with Crippen LogP contribution in [0.4, 0.5) is 18.9 Å². The van der Waals surface area contributed by atoms with Gasteiger partial charge >= 0.3 is 6.18 Å². The number of nitrogens with zero attached hydrogens (tertiary/aromatic N) is 1. The molecule has 1 unspecified atom stereocenters. The van der Waals surface area contributed by atoms with Crippen LogP contribution in [0.2, 0.25) is 0 Å². The summed E-state index contributed by atoms with van der Waals surface area (Å²) in [6, 6.07) is 4.53. The highest BCUT2D eigenvalue weighted by Crippen LogP contribution is 2.35. The molecule has 1 aliphatic heterocycles. The number of alkyl halides is 3. The molecule has 3 nitrogen and oxygen atoms in total. The lowest BCUT2D eigenvalue weighted by atomic mass is 10.0. The Labute approximate surface area is 122 Å². The van der Waals surface area contributed by atoms with Gasteiger partial charge in [0.15, 0.2) is 0 Å². The lowest BCUT2D eigenvalue weighted by molar-refractivity contribution is -0.138. The van der Waals surface area contributed by atoms with E-state index in [2.05, 4.69) is 0 Å². The Balaban J connectivity index is 2.32. The molecule has 1 saturated heterocycles. The van der Waals surface area contributed by atoms with Crippen LogP contribution in [-0.4, -0.2) is 32.3 Å². The minimum atomic E-state index is -4.35. The summed E-state index contributed by atoms with van der Waals surface area (Å²) in [5, 5.41) is 0. The summed E-state index contributed by atoms with van der Waals surface area (Å²) in [6.45, 7) is 4.10. The van der Waals surface area contributed by atoms with E-state index in [1.807, 2.05) is 11.8 Å². The van der Waals surface area contributed by atoms with Crippen LogP contribution in [0.15, 0.2) is 18.2 Å². The molecule has 1 aromatic rings. The molecule has 1 atom stereocenters. The van der Waals surface area contributed by atoms with E-state index in [4.69, 9.17) is 10.5 Å². The van der Waals surface area contributed by atoms with E-state index >= 15 is 0 Å². The zero-order valence-electron chi connectivity index (χ0n) is 12.1. The quantitative estimate of drug-likeness (QED) is 0.933. The summed E-state index contributed by atoms with van der Waals surface area (Å²) in [4.78, 5) is 1.96. The predicted octanol–water partition coefficient (Wildman–Crippen LogP) is 2.82. The van der Waals surface area contributed by atoms with Crippen molar-refractivity contribution in [2.75, 3.05) is 31.1 Å². The number of nitrogens with two attached hydrogens (primary N) is 1. The summed E-state index contributed by atoms with van der Waals surface area (Å²) < 4.78 is 45.1. The summed E-state index contributed by atoms with van der Waals surface area (Å²) in [7, 11) is 0. The topological polar surface area (TPSA) is 38.5 Å². The largest absolute Gasteiger partial charge is 0.416 e. The molecule has 118 valence electrons. The first-order valence-electron chi connectivity index (χ1n) is 7.18. The number of rotatable bonds is 3. The third-order valence-electron chi connectivity index (χ3n) is 3.63. The molecule has 2 rings (SSSR count). The number of anilines is 1. The molecule has 0 spiro atoms. The van der Waals surface area contributed by atoms with Gasteiger partial charge in [-0.05, 0) is 44.0 Å². The van der Waals surface area contributed by atoms with Gasteiger partial charge in [0.05, 0.1) is 11.7 Å². The summed E-state index contributed by atoms with van der Waals surface area (Å²) in [5.74, 6) is 0. The van der Waals surface area contributed by atoms with Gasteiger partial charge in [-0.3, -0.25) is 0 Å². The molecular weight excluding hydrogens is 281 g/mol. The standard InChI is InChI=1S/C15H21F3N2O/c1-11-10-20(7-2-8-21-11)13-4-3-12(5-6-19)14(9-13)15(16,17)18/h3-4,9,11H,2,5-8,10,19H2,1H3. The van der Waals surface area contributed by atoms with Crippen LogP contribution in [0.25, 0.3) is 0 Å². The number of hydrogen-bond acceptors (Lipinski definition) is 3. The SMILES string of the molecule is CC1CN(c2ccc(CCN)c(C(F)(F)F)c2)CCCO1. The molecule has 0 bridgehead atoms. The second-order valence-corrected chi connectivity index (χ2v) is 5.36. The van der Waals surface area contributed by atoms with Gasteiger partial charge in [-0.25, -0.2) is 0 Å². The Morgan fingerprint density at radius 1 is 1.38 bits per heavy atom. The molecule has 0 saturated carbocycles. The van der Waals surface area contributed by atoms with Crippen LogP contribution < -0.4 is 10.6 Å². The van der Waals surface area contributed by atoms with Gasteiger partial charge in [0, 0.05) is 25.4 Å². The number of hydrogen-bond donors (Lipinski definition) is 1. The first-order valence-corrected chi connectivity index (χ1v) is 7.18. The molecule has 21 heavy (non-hydrogen) atoms. The molecule has 0 radical (unpaired) electrons. The van der Waals surface area contributed by atoms with E-state index in [1.165, 1.54) is 6.07 Å². The highest BCUT2D eigenvalue weighted by molar-refractivity contribution is 5.52. The predicted molar refractivity (Wildman–Crippen MR) is 76.4 cm³/mol. The average Bonchev–Trinajstić information content (AvgIpc) is 2.63. The van der Waals surface area contributed by atoms with E-state index in [0.29, 0.717) is 25.4 Å². The van der Waals surface area contributed by atoms with Crippen molar-refractivity contribution in [2.45, 2.75) is 32.0 Å². The average molecular weight is 302 g/mol. The molecule has 0 amide bonds. The van der Waals surface area contributed by atoms with E-state index in [9.17, 15) is 13.2 Å². The molecule has 1 heterocycles. The van der Waals surface area contributed by atoms with Gasteiger partial charge < -0.3 is 15.4 Å². The minimum absolute atomic E-state index is 0.0190. The fraction of sp³-hybridized carbons (Fsp3) is 0.600. The fourth-order valence-electron chi connectivity index (χ4n) is 2.63. The smallest absolute Gasteiger partial charge is 0.377 e. The maximum atomic E-state index is 13.2. The number of benzene rings is 1. The van der Waals surface area contributed by atoms with Gasteiger partial charge in [0.1, 0.15) is 0 Å². The molecule has 2 N–H and O–H groups in total. The zero-order valence-corrected chi connectivity index (χ0v) is 12.1. The summed E-state index contributed by atoms with van der Waals surface area (Å²) in [5.41, 5.74) is 5.67. The Kier molecular flexibility index (Phi) is 5.11. The van der Waals surface area contributed by atoms with Gasteiger partial charge in [0.25, 0.3) is 0 Å². The minimum Gasteiger partial charge on any atom is -0.377 e. The molecular formula is C15H21F3N2O. The molecule has 6 heteroatoms. The van der Waals surface area contributed by atoms with Crippen molar-refractivity contribution in [2.24, 2.45) is 5.73 Å². The molecule has 0 aromatic heterocycles. The second kappa shape index (κ2) is 6.66. The Bertz CT molecular complexity index is 476. The second-order valence-electron chi connectivity index (χ2n) is 5.36. The van der Waals surface area contributed by atoms with Gasteiger partial charge in [-0.1, -0.05) is 6.07 Å². The van der Waals surface area contributed by atoms with Gasteiger partial charge in [-0.15, -0.1) is 0 Å². The molecule has 1 aliphatic rings. The van der Waals surface area contributed by atoms with Crippen molar-refractivity contribution < 1.29 is 17.9 Å². The van der Waals surface area contributed by atoms with E-state index in [-0.39, 0.29) is 24.6 Å². The van der Waals surface area contributed by atoms with Crippen LogP contribution in [0.3, 0.4) is 0 Å². The Hall–Kier alpha value is -1.27. The number of ether oxygens (including phenoxy) is 1. The van der Waals surface area contributed by atoms with Crippen LogP contribution in [0.5, 0.6) is 0 Å². The summed E-state index contributed by atoms with van der Waals surface area (Å²) >= 11 is 0. The van der Waals surface area contributed by atoms with E-state index in [0.717, 1.165) is 6.42 Å². The van der Waals surface area contributed by atoms with Gasteiger partial charge in [0.2, 0.25) is 0 Å². The molecule has 0 aliphatic carbocycles. The van der Waals surface area contributed by atoms with Crippen molar-refractivity contribution in [3.63, 3.8) is 0 Å². The first-order chi connectivity index (χ1) is 9.91. The third kappa shape index (κ3) is 4.11. The van der Waals surface area contributed by atoms with Crippen molar-refractivity contribution in [1.82, 2.24) is 0 Å². The van der Waals surface area contributed by atoms with E-state index < -0.39 is 11.7 Å². The highest BCUT2D eigenvalue weighted by atomic mass is 19.4. The van der Waals surface area contributed by atoms with Crippen molar-refractivity contribution in [3.8, 4) is 0 Å². The fourth-order valence-corrected chi connectivity index (χ4v) is 2.63. The Morgan fingerprint density at radius 2 is 2.14 bits per heavy atom. The van der Waals surface area contributed by atoms with Crippen LogP contribution >= 0.6 is 0 Å². The molecule has 1 fully saturated rings. The van der Waals surface area contributed by atoms with Gasteiger partial charge in [-0.2, -0.15) is 13.2 Å². The van der Waals surface area contributed by atoms with Crippen molar-refractivity contribution in [1.29, 1.82) is 0 Å². The monoisotopic (exact) mass is 302 g/mol. The van der Waals surface area contributed by atoms with Crippen LogP contribution in [0, 0.1) is 0 Å².